The van der Waals surface area contributed by atoms with Crippen molar-refractivity contribution >= 4 is 23.2 Å². The van der Waals surface area contributed by atoms with Crippen molar-refractivity contribution in [3.63, 3.8) is 0 Å². The Morgan fingerprint density at radius 2 is 2.00 bits per heavy atom. The summed E-state index contributed by atoms with van der Waals surface area (Å²) in [5, 5.41) is 10.7. The third-order valence-electron chi connectivity index (χ3n) is 3.23. The van der Waals surface area contributed by atoms with Crippen LogP contribution in [0.4, 0.5) is 16.0 Å². The smallest absolute Gasteiger partial charge is 0.157 e. The number of aromatic amines is 1. The van der Waals surface area contributed by atoms with Crippen LogP contribution >= 0.6 is 11.6 Å². The van der Waals surface area contributed by atoms with Gasteiger partial charge in [0.15, 0.2) is 5.82 Å². The average molecular weight is 318 g/mol. The summed E-state index contributed by atoms with van der Waals surface area (Å²) in [5.41, 5.74) is 2.71. The maximum absolute atomic E-state index is 13.1. The van der Waals surface area contributed by atoms with Crippen molar-refractivity contribution in [3.8, 4) is 11.3 Å². The Hall–Kier alpha value is -2.47. The Morgan fingerprint density at radius 1 is 1.23 bits per heavy atom. The van der Waals surface area contributed by atoms with E-state index < -0.39 is 0 Å². The van der Waals surface area contributed by atoms with E-state index in [2.05, 4.69) is 25.5 Å². The molecule has 22 heavy (non-hydrogen) atoms. The second-order valence-electron chi connectivity index (χ2n) is 4.64. The van der Waals surface area contributed by atoms with Gasteiger partial charge in [0.05, 0.1) is 5.69 Å². The van der Waals surface area contributed by atoms with Crippen molar-refractivity contribution in [2.75, 3.05) is 5.32 Å². The van der Waals surface area contributed by atoms with Gasteiger partial charge in [-0.3, -0.25) is 5.10 Å². The average Bonchev–Trinajstić information content (AvgIpc) is 2.90. The molecule has 0 aliphatic rings. The molecule has 0 radical (unpaired) electrons. The Labute approximate surface area is 131 Å². The van der Waals surface area contributed by atoms with Crippen LogP contribution in [0.1, 0.15) is 12.5 Å². The fourth-order valence-corrected chi connectivity index (χ4v) is 2.34. The highest BCUT2D eigenvalue weighted by Gasteiger charge is 2.14. The van der Waals surface area contributed by atoms with Gasteiger partial charge in [-0.2, -0.15) is 5.10 Å². The predicted molar refractivity (Wildman–Crippen MR) is 83.7 cm³/mol. The van der Waals surface area contributed by atoms with Crippen LogP contribution in [0.2, 0.25) is 5.15 Å². The lowest BCUT2D eigenvalue weighted by Gasteiger charge is -2.06. The van der Waals surface area contributed by atoms with E-state index in [0.717, 1.165) is 23.2 Å². The van der Waals surface area contributed by atoms with Crippen LogP contribution in [0.3, 0.4) is 0 Å². The molecule has 0 aliphatic heterocycles. The topological polar surface area (TPSA) is 66.5 Å². The second kappa shape index (κ2) is 6.11. The first-order chi connectivity index (χ1) is 10.7. The molecule has 0 saturated heterocycles. The second-order valence-corrected chi connectivity index (χ2v) is 5.02. The molecule has 2 heterocycles. The van der Waals surface area contributed by atoms with E-state index in [1.54, 1.807) is 18.2 Å². The van der Waals surface area contributed by atoms with Crippen LogP contribution in [0.15, 0.2) is 36.7 Å². The van der Waals surface area contributed by atoms with Crippen molar-refractivity contribution in [2.45, 2.75) is 13.3 Å². The first-order valence-electron chi connectivity index (χ1n) is 6.75. The van der Waals surface area contributed by atoms with Gasteiger partial charge in [-0.1, -0.05) is 18.5 Å². The van der Waals surface area contributed by atoms with Crippen LogP contribution < -0.4 is 5.32 Å². The largest absolute Gasteiger partial charge is 0.323 e. The van der Waals surface area contributed by atoms with E-state index >= 15 is 0 Å². The number of H-pyrrole nitrogens is 1. The number of nitrogens with one attached hydrogen (secondary N) is 2. The molecule has 0 bridgehead atoms. The number of hydrogen-bond acceptors (Lipinski definition) is 4. The van der Waals surface area contributed by atoms with Crippen molar-refractivity contribution in [1.29, 1.82) is 0 Å². The number of benzene rings is 1. The van der Waals surface area contributed by atoms with Crippen LogP contribution in [0, 0.1) is 5.82 Å². The summed E-state index contributed by atoms with van der Waals surface area (Å²) in [5.74, 6) is 0.957. The van der Waals surface area contributed by atoms with Crippen LogP contribution in [0.5, 0.6) is 0 Å². The molecule has 7 heteroatoms. The monoisotopic (exact) mass is 317 g/mol. The number of rotatable bonds is 4. The van der Waals surface area contributed by atoms with Crippen molar-refractivity contribution in [1.82, 2.24) is 20.2 Å². The zero-order valence-electron chi connectivity index (χ0n) is 11.8. The number of anilines is 2. The Morgan fingerprint density at radius 3 is 2.68 bits per heavy atom. The minimum atomic E-state index is -0.268. The van der Waals surface area contributed by atoms with Crippen LogP contribution in [-0.2, 0) is 6.42 Å². The predicted octanol–water partition coefficient (Wildman–Crippen LogP) is 3.97. The normalized spacial score (nSPS) is 10.7. The summed E-state index contributed by atoms with van der Waals surface area (Å²) in [4.78, 5) is 7.93. The number of aromatic nitrogens is 4. The minimum absolute atomic E-state index is 0.268. The van der Waals surface area contributed by atoms with Gasteiger partial charge in [-0.15, -0.1) is 0 Å². The molecule has 0 saturated carbocycles. The summed E-state index contributed by atoms with van der Waals surface area (Å²) in [7, 11) is 0. The maximum Gasteiger partial charge on any atom is 0.157 e. The summed E-state index contributed by atoms with van der Waals surface area (Å²) >= 11 is 5.85. The zero-order valence-corrected chi connectivity index (χ0v) is 12.5. The Bertz CT molecular complexity index is 785. The standard InChI is InChI=1S/C15H13ClFN5/c1-2-11-14(9-3-5-10(17)6-4-9)21-22-15(11)20-13-7-12(16)18-8-19-13/h3-8H,2H2,1H3,(H2,18,19,20,21,22). The van der Waals surface area contributed by atoms with Gasteiger partial charge in [0.2, 0.25) is 0 Å². The highest BCUT2D eigenvalue weighted by atomic mass is 35.5. The molecule has 3 rings (SSSR count). The van der Waals surface area contributed by atoms with E-state index in [0.29, 0.717) is 16.8 Å². The molecule has 0 amide bonds. The van der Waals surface area contributed by atoms with Gasteiger partial charge in [-0.25, -0.2) is 14.4 Å². The highest BCUT2D eigenvalue weighted by Crippen LogP contribution is 2.29. The van der Waals surface area contributed by atoms with Gasteiger partial charge >= 0.3 is 0 Å². The van der Waals surface area contributed by atoms with E-state index in [9.17, 15) is 4.39 Å². The summed E-state index contributed by atoms with van der Waals surface area (Å²) in [6, 6.07) is 7.90. The fraction of sp³-hybridized carbons (Fsp3) is 0.133. The minimum Gasteiger partial charge on any atom is -0.323 e. The lowest BCUT2D eigenvalue weighted by atomic mass is 10.1. The molecule has 2 N–H and O–H groups in total. The number of halogens is 2. The first-order valence-corrected chi connectivity index (χ1v) is 7.13. The van der Waals surface area contributed by atoms with Gasteiger partial charge in [0, 0.05) is 17.2 Å². The molecule has 1 aromatic carbocycles. The van der Waals surface area contributed by atoms with E-state index in [1.807, 2.05) is 6.92 Å². The van der Waals surface area contributed by atoms with Crippen molar-refractivity contribution in [2.24, 2.45) is 0 Å². The van der Waals surface area contributed by atoms with Gasteiger partial charge < -0.3 is 5.32 Å². The van der Waals surface area contributed by atoms with Gasteiger partial charge in [-0.05, 0) is 30.7 Å². The fourth-order valence-electron chi connectivity index (χ4n) is 2.19. The molecule has 5 nitrogen and oxygen atoms in total. The third-order valence-corrected chi connectivity index (χ3v) is 3.44. The summed E-state index contributed by atoms with van der Waals surface area (Å²) in [6.45, 7) is 2.02. The molecule has 0 atom stereocenters. The Kier molecular flexibility index (Phi) is 4.02. The molecule has 3 aromatic rings. The zero-order chi connectivity index (χ0) is 15.5. The molecule has 0 spiro atoms. The lowest BCUT2D eigenvalue weighted by molar-refractivity contribution is 0.628. The van der Waals surface area contributed by atoms with Gasteiger partial charge in [0.25, 0.3) is 0 Å². The highest BCUT2D eigenvalue weighted by molar-refractivity contribution is 6.29. The van der Waals surface area contributed by atoms with E-state index in [1.165, 1.54) is 18.5 Å². The third kappa shape index (κ3) is 2.92. The van der Waals surface area contributed by atoms with Crippen LogP contribution in [0.25, 0.3) is 11.3 Å². The molecule has 0 fully saturated rings. The maximum atomic E-state index is 13.1. The summed E-state index contributed by atoms with van der Waals surface area (Å²) in [6.07, 6.45) is 2.13. The first kappa shape index (κ1) is 14.5. The molecule has 2 aromatic heterocycles. The summed E-state index contributed by atoms with van der Waals surface area (Å²) < 4.78 is 13.1. The van der Waals surface area contributed by atoms with Crippen LogP contribution in [-0.4, -0.2) is 20.2 Å². The van der Waals surface area contributed by atoms with E-state index in [-0.39, 0.29) is 5.82 Å². The number of hydrogen-bond donors (Lipinski definition) is 2. The molecule has 0 unspecified atom stereocenters. The SMILES string of the molecule is CCc1c(Nc2cc(Cl)ncn2)n[nH]c1-c1ccc(F)cc1. The Balaban J connectivity index is 1.95. The van der Waals surface area contributed by atoms with Crippen molar-refractivity contribution < 1.29 is 4.39 Å². The molecular formula is C15H13ClFN5. The van der Waals surface area contributed by atoms with Crippen molar-refractivity contribution in [3.05, 3.63) is 53.2 Å². The quantitative estimate of drug-likeness (QED) is 0.715. The molecular weight excluding hydrogens is 305 g/mol. The lowest BCUT2D eigenvalue weighted by Crippen LogP contribution is -1.97. The molecule has 0 aliphatic carbocycles. The van der Waals surface area contributed by atoms with Gasteiger partial charge in [0.1, 0.15) is 23.1 Å². The van der Waals surface area contributed by atoms with E-state index in [4.69, 9.17) is 11.6 Å². The molecule has 112 valence electrons. The number of nitrogens with zero attached hydrogens (tertiary/aromatic N) is 3.